The molecule has 0 radical (unpaired) electrons. The first-order valence-corrected chi connectivity index (χ1v) is 9.64. The molecule has 0 saturated carbocycles. The number of nitrogens with one attached hydrogen (secondary N) is 2. The molecule has 150 valence electrons. The predicted octanol–water partition coefficient (Wildman–Crippen LogP) is 4.93. The molecule has 0 spiro atoms. The van der Waals surface area contributed by atoms with E-state index in [9.17, 15) is 4.39 Å². The van der Waals surface area contributed by atoms with Gasteiger partial charge in [0.15, 0.2) is 5.65 Å². The fourth-order valence-corrected chi connectivity index (χ4v) is 3.18. The summed E-state index contributed by atoms with van der Waals surface area (Å²) < 4.78 is 21.3. The predicted molar refractivity (Wildman–Crippen MR) is 112 cm³/mol. The molecule has 1 aromatic carbocycles. The molecular formula is C21H23FN6O. The fourth-order valence-electron chi connectivity index (χ4n) is 3.18. The summed E-state index contributed by atoms with van der Waals surface area (Å²) in [5, 5.41) is 6.32. The highest BCUT2D eigenvalue weighted by molar-refractivity contribution is 5.76. The molecule has 0 fully saturated rings. The minimum Gasteiger partial charge on any atom is -0.497 e. The summed E-state index contributed by atoms with van der Waals surface area (Å²) in [5.74, 6) is 1.65. The van der Waals surface area contributed by atoms with Crippen molar-refractivity contribution in [1.82, 2.24) is 19.5 Å². The van der Waals surface area contributed by atoms with E-state index in [0.29, 0.717) is 48.1 Å². The summed E-state index contributed by atoms with van der Waals surface area (Å²) in [7, 11) is 1.63. The van der Waals surface area contributed by atoms with E-state index in [2.05, 4.69) is 32.5 Å². The van der Waals surface area contributed by atoms with Crippen molar-refractivity contribution in [3.8, 4) is 5.75 Å². The van der Waals surface area contributed by atoms with Crippen LogP contribution < -0.4 is 15.4 Å². The zero-order valence-electron chi connectivity index (χ0n) is 16.4. The normalized spacial score (nSPS) is 13.8. The SMILES string of the molecule is CCCn1c(NC2=C(F)CCC=C2)nc2cnc(Nc3ccc(OC)cc3)nc21. The van der Waals surface area contributed by atoms with Crippen molar-refractivity contribution >= 4 is 28.7 Å². The van der Waals surface area contributed by atoms with Gasteiger partial charge < -0.3 is 15.4 Å². The van der Waals surface area contributed by atoms with Crippen LogP contribution in [0.25, 0.3) is 11.2 Å². The highest BCUT2D eigenvalue weighted by Crippen LogP contribution is 2.25. The quantitative estimate of drug-likeness (QED) is 0.592. The Morgan fingerprint density at radius 1 is 1.17 bits per heavy atom. The molecule has 1 aliphatic carbocycles. The van der Waals surface area contributed by atoms with E-state index in [0.717, 1.165) is 17.9 Å². The largest absolute Gasteiger partial charge is 0.497 e. The van der Waals surface area contributed by atoms with E-state index in [1.807, 2.05) is 34.9 Å². The second-order valence-corrected chi connectivity index (χ2v) is 6.73. The average Bonchev–Trinajstić information content (AvgIpc) is 3.07. The van der Waals surface area contributed by atoms with Gasteiger partial charge in [-0.3, -0.25) is 4.57 Å². The van der Waals surface area contributed by atoms with Gasteiger partial charge in [-0.2, -0.15) is 4.98 Å². The number of hydrogen-bond donors (Lipinski definition) is 2. The average molecular weight is 394 g/mol. The fraction of sp³-hybridized carbons (Fsp3) is 0.286. The van der Waals surface area contributed by atoms with Crippen molar-refractivity contribution in [2.45, 2.75) is 32.7 Å². The number of aromatic nitrogens is 4. The molecule has 3 aromatic rings. The third kappa shape index (κ3) is 4.06. The van der Waals surface area contributed by atoms with Crippen LogP contribution in [0.5, 0.6) is 5.75 Å². The molecule has 2 heterocycles. The van der Waals surface area contributed by atoms with E-state index in [-0.39, 0.29) is 5.83 Å². The number of fused-ring (bicyclic) bond motifs is 1. The number of aryl methyl sites for hydroxylation is 1. The molecule has 0 aliphatic heterocycles. The molecule has 0 saturated heterocycles. The molecule has 0 atom stereocenters. The summed E-state index contributed by atoms with van der Waals surface area (Å²) >= 11 is 0. The lowest BCUT2D eigenvalue weighted by Crippen LogP contribution is -2.09. The lowest BCUT2D eigenvalue weighted by Gasteiger charge is -2.13. The number of imidazole rings is 1. The van der Waals surface area contributed by atoms with Gasteiger partial charge >= 0.3 is 0 Å². The van der Waals surface area contributed by atoms with Gasteiger partial charge in [0.2, 0.25) is 11.9 Å². The lowest BCUT2D eigenvalue weighted by molar-refractivity contribution is 0.415. The van der Waals surface area contributed by atoms with E-state index < -0.39 is 0 Å². The number of benzene rings is 1. The maximum atomic E-state index is 14.1. The molecular weight excluding hydrogens is 371 g/mol. The summed E-state index contributed by atoms with van der Waals surface area (Å²) in [6.45, 7) is 2.78. The van der Waals surface area contributed by atoms with Crippen LogP contribution in [0.4, 0.5) is 22.0 Å². The molecule has 8 heteroatoms. The van der Waals surface area contributed by atoms with Crippen LogP contribution in [0, 0.1) is 0 Å². The van der Waals surface area contributed by atoms with Gasteiger partial charge in [0, 0.05) is 18.7 Å². The second-order valence-electron chi connectivity index (χ2n) is 6.73. The van der Waals surface area contributed by atoms with Crippen LogP contribution in [-0.4, -0.2) is 26.6 Å². The van der Waals surface area contributed by atoms with Crippen molar-refractivity contribution in [2.24, 2.45) is 0 Å². The van der Waals surface area contributed by atoms with Gasteiger partial charge in [0.1, 0.15) is 17.1 Å². The number of allylic oxidation sites excluding steroid dienone is 3. The zero-order valence-corrected chi connectivity index (χ0v) is 16.4. The Morgan fingerprint density at radius 3 is 2.72 bits per heavy atom. The van der Waals surface area contributed by atoms with E-state index in [1.165, 1.54) is 0 Å². The Morgan fingerprint density at radius 2 is 2.00 bits per heavy atom. The standard InChI is InChI=1S/C21H23FN6O/c1-3-12-28-19-18(26-21(28)25-17-7-5-4-6-16(17)22)13-23-20(27-19)24-14-8-10-15(29-2)11-9-14/h5,7-11,13H,3-4,6,12H2,1-2H3,(H,25,26)(H,23,24,27). The van der Waals surface area contributed by atoms with Crippen LogP contribution >= 0.6 is 0 Å². The summed E-state index contributed by atoms with van der Waals surface area (Å²) in [6, 6.07) is 7.52. The second kappa shape index (κ2) is 8.30. The third-order valence-corrected chi connectivity index (χ3v) is 4.63. The van der Waals surface area contributed by atoms with Gasteiger partial charge in [-0.25, -0.2) is 14.4 Å². The van der Waals surface area contributed by atoms with Gasteiger partial charge in [-0.15, -0.1) is 0 Å². The van der Waals surface area contributed by atoms with Crippen LogP contribution in [0.15, 0.2) is 54.1 Å². The van der Waals surface area contributed by atoms with Crippen molar-refractivity contribution in [3.05, 3.63) is 54.1 Å². The maximum absolute atomic E-state index is 14.1. The van der Waals surface area contributed by atoms with Gasteiger partial charge in [-0.1, -0.05) is 13.0 Å². The topological polar surface area (TPSA) is 76.9 Å². The highest BCUT2D eigenvalue weighted by Gasteiger charge is 2.16. The first kappa shape index (κ1) is 18.9. The number of methoxy groups -OCH3 is 1. The minimum absolute atomic E-state index is 0.157. The third-order valence-electron chi connectivity index (χ3n) is 4.63. The molecule has 0 unspecified atom stereocenters. The van der Waals surface area contributed by atoms with Crippen molar-refractivity contribution in [3.63, 3.8) is 0 Å². The first-order valence-electron chi connectivity index (χ1n) is 9.64. The number of nitrogens with zero attached hydrogens (tertiary/aromatic N) is 4. The zero-order chi connectivity index (χ0) is 20.2. The first-order chi connectivity index (χ1) is 14.2. The van der Waals surface area contributed by atoms with E-state index in [1.54, 1.807) is 19.4 Å². The minimum atomic E-state index is -0.157. The monoisotopic (exact) mass is 394 g/mol. The summed E-state index contributed by atoms with van der Waals surface area (Å²) in [4.78, 5) is 13.6. The molecule has 7 nitrogen and oxygen atoms in total. The van der Waals surface area contributed by atoms with Crippen LogP contribution in [-0.2, 0) is 6.54 Å². The van der Waals surface area contributed by atoms with Crippen LogP contribution in [0.1, 0.15) is 26.2 Å². The molecule has 0 bridgehead atoms. The van der Waals surface area contributed by atoms with Crippen molar-refractivity contribution < 1.29 is 9.13 Å². The number of ether oxygens (including phenoxy) is 1. The molecule has 4 rings (SSSR count). The van der Waals surface area contributed by atoms with E-state index >= 15 is 0 Å². The molecule has 2 N–H and O–H groups in total. The van der Waals surface area contributed by atoms with Gasteiger partial charge in [0.25, 0.3) is 0 Å². The Balaban J connectivity index is 1.66. The van der Waals surface area contributed by atoms with E-state index in [4.69, 9.17) is 4.74 Å². The highest BCUT2D eigenvalue weighted by atomic mass is 19.1. The molecule has 29 heavy (non-hydrogen) atoms. The number of anilines is 3. The lowest BCUT2D eigenvalue weighted by atomic mass is 10.1. The number of hydrogen-bond acceptors (Lipinski definition) is 6. The van der Waals surface area contributed by atoms with Gasteiger partial charge in [-0.05, 0) is 43.2 Å². The number of rotatable bonds is 7. The molecule has 2 aromatic heterocycles. The van der Waals surface area contributed by atoms with Gasteiger partial charge in [0.05, 0.1) is 19.0 Å². The summed E-state index contributed by atoms with van der Waals surface area (Å²) in [6.07, 6.45) is 7.40. The van der Waals surface area contributed by atoms with Crippen LogP contribution in [0.3, 0.4) is 0 Å². The number of halogens is 1. The summed E-state index contributed by atoms with van der Waals surface area (Å²) in [5.41, 5.74) is 2.65. The van der Waals surface area contributed by atoms with Crippen molar-refractivity contribution in [1.29, 1.82) is 0 Å². The molecule has 1 aliphatic rings. The Kier molecular flexibility index (Phi) is 5.41. The van der Waals surface area contributed by atoms with Crippen LogP contribution in [0.2, 0.25) is 0 Å². The molecule has 0 amide bonds. The Labute approximate surface area is 168 Å². The Bertz CT molecular complexity index is 1070. The smallest absolute Gasteiger partial charge is 0.229 e. The maximum Gasteiger partial charge on any atom is 0.229 e. The Hall–Kier alpha value is -3.42. The van der Waals surface area contributed by atoms with Crippen molar-refractivity contribution in [2.75, 3.05) is 17.7 Å².